The maximum atomic E-state index is 14.0. The van der Waals surface area contributed by atoms with Gasteiger partial charge in [0.25, 0.3) is 0 Å². The second-order valence-corrected chi connectivity index (χ2v) is 11.3. The number of hydrogen-bond donors (Lipinski definition) is 1. The van der Waals surface area contributed by atoms with Crippen molar-refractivity contribution in [3.05, 3.63) is 45.6 Å². The normalized spacial score (nSPS) is 16.5. The number of hydrogen-bond acceptors (Lipinski definition) is 8. The summed E-state index contributed by atoms with van der Waals surface area (Å²) in [5, 5.41) is 11.3. The van der Waals surface area contributed by atoms with E-state index in [2.05, 4.69) is 0 Å². The second-order valence-electron chi connectivity index (χ2n) is 10.3. The lowest BCUT2D eigenvalue weighted by Crippen LogP contribution is -2.53. The summed E-state index contributed by atoms with van der Waals surface area (Å²) in [7, 11) is 1.37. The molecule has 1 unspecified atom stereocenters. The molecule has 2 aromatic rings. The molecule has 38 heavy (non-hydrogen) atoms. The zero-order chi connectivity index (χ0) is 28.5. The Morgan fingerprint density at radius 1 is 1.24 bits per heavy atom. The predicted octanol–water partition coefficient (Wildman–Crippen LogP) is 4.90. The van der Waals surface area contributed by atoms with Crippen molar-refractivity contribution in [2.75, 3.05) is 25.2 Å². The Balaban J connectivity index is 2.16. The first-order valence-electron chi connectivity index (χ1n) is 12.5. The molecule has 0 saturated carbocycles. The van der Waals surface area contributed by atoms with Crippen LogP contribution in [-0.4, -0.2) is 48.8 Å². The van der Waals surface area contributed by atoms with Gasteiger partial charge in [-0.2, -0.15) is 0 Å². The molecule has 0 saturated heterocycles. The van der Waals surface area contributed by atoms with Crippen LogP contribution in [0, 0.1) is 30.0 Å². The van der Waals surface area contributed by atoms with Gasteiger partial charge in [-0.1, -0.05) is 27.7 Å². The van der Waals surface area contributed by atoms with Crippen molar-refractivity contribution in [2.24, 2.45) is 17.3 Å². The van der Waals surface area contributed by atoms with Gasteiger partial charge in [0.2, 0.25) is 5.91 Å². The Hall–Kier alpha value is -3.11. The Morgan fingerprint density at radius 2 is 1.89 bits per heavy atom. The summed E-state index contributed by atoms with van der Waals surface area (Å²) in [6, 6.07) is 3.66. The van der Waals surface area contributed by atoms with Crippen LogP contribution < -0.4 is 9.64 Å². The summed E-state index contributed by atoms with van der Waals surface area (Å²) in [6.07, 6.45) is -1.22. The lowest BCUT2D eigenvalue weighted by molar-refractivity contribution is -0.136. The summed E-state index contributed by atoms with van der Waals surface area (Å²) in [4.78, 5) is 55.1. The van der Waals surface area contributed by atoms with Gasteiger partial charge < -0.3 is 14.6 Å². The van der Waals surface area contributed by atoms with Crippen molar-refractivity contribution < 1.29 is 38.1 Å². The van der Waals surface area contributed by atoms with Crippen molar-refractivity contribution in [3.63, 3.8) is 0 Å². The molecule has 2 heterocycles. The van der Waals surface area contributed by atoms with Crippen LogP contribution in [0.2, 0.25) is 0 Å². The number of amides is 1. The molecule has 1 aliphatic rings. The van der Waals surface area contributed by atoms with E-state index in [0.29, 0.717) is 5.56 Å². The van der Waals surface area contributed by atoms with E-state index in [9.17, 15) is 28.7 Å². The van der Waals surface area contributed by atoms with Gasteiger partial charge in [0.05, 0.1) is 25.8 Å². The zero-order valence-corrected chi connectivity index (χ0v) is 23.5. The number of aliphatic hydroxyl groups is 1. The van der Waals surface area contributed by atoms with Gasteiger partial charge in [-0.3, -0.25) is 19.3 Å². The van der Waals surface area contributed by atoms with E-state index in [1.165, 1.54) is 24.1 Å². The van der Waals surface area contributed by atoms with Crippen LogP contribution in [0.5, 0.6) is 5.75 Å². The Bertz CT molecular complexity index is 1270. The third kappa shape index (κ3) is 5.37. The molecule has 206 valence electrons. The van der Waals surface area contributed by atoms with E-state index in [-0.39, 0.29) is 58.0 Å². The Kier molecular flexibility index (Phi) is 8.78. The molecule has 0 spiro atoms. The second kappa shape index (κ2) is 11.3. The van der Waals surface area contributed by atoms with Gasteiger partial charge in [-0.05, 0) is 43.5 Å². The molecular weight excluding hydrogens is 513 g/mol. The third-order valence-corrected chi connectivity index (χ3v) is 8.09. The molecule has 8 nitrogen and oxygen atoms in total. The van der Waals surface area contributed by atoms with E-state index < -0.39 is 40.9 Å². The van der Waals surface area contributed by atoms with Gasteiger partial charge in [0.1, 0.15) is 39.3 Å². The highest BCUT2D eigenvalue weighted by Crippen LogP contribution is 2.47. The van der Waals surface area contributed by atoms with Crippen LogP contribution in [-0.2, 0) is 14.3 Å². The molecule has 1 aromatic carbocycles. The Labute approximate surface area is 225 Å². The van der Waals surface area contributed by atoms with E-state index in [1.807, 2.05) is 13.8 Å². The fourth-order valence-electron chi connectivity index (χ4n) is 4.72. The highest BCUT2D eigenvalue weighted by molar-refractivity contribution is 7.19. The number of thiophene rings is 1. The van der Waals surface area contributed by atoms with Crippen LogP contribution >= 0.6 is 11.3 Å². The summed E-state index contributed by atoms with van der Waals surface area (Å²) in [5.41, 5.74) is -0.745. The minimum absolute atomic E-state index is 0.0165. The van der Waals surface area contributed by atoms with Crippen molar-refractivity contribution in [1.82, 2.24) is 0 Å². The van der Waals surface area contributed by atoms with Gasteiger partial charge in [-0.15, -0.1) is 11.3 Å². The first kappa shape index (κ1) is 29.4. The molecule has 1 aromatic heterocycles. The average Bonchev–Trinajstić information content (AvgIpc) is 3.18. The molecule has 0 bridgehead atoms. The van der Waals surface area contributed by atoms with E-state index in [0.717, 1.165) is 17.4 Å². The number of fused-ring (bicyclic) bond motifs is 1. The summed E-state index contributed by atoms with van der Waals surface area (Å²) in [5.74, 6) is -3.83. The monoisotopic (exact) mass is 547 g/mol. The number of β-amino-alcohol motifs (C(OH)–C–C–N with tert-alkyl or cyclic N) is 1. The van der Waals surface area contributed by atoms with Crippen molar-refractivity contribution >= 4 is 39.8 Å². The van der Waals surface area contributed by atoms with Crippen LogP contribution in [0.1, 0.15) is 78.3 Å². The van der Waals surface area contributed by atoms with Gasteiger partial charge in [0.15, 0.2) is 5.78 Å². The maximum Gasteiger partial charge on any atom is 0.348 e. The summed E-state index contributed by atoms with van der Waals surface area (Å²) in [6.45, 7) is 9.91. The highest BCUT2D eigenvalue weighted by atomic mass is 32.1. The molecule has 1 aliphatic heterocycles. The summed E-state index contributed by atoms with van der Waals surface area (Å²) < 4.78 is 24.5. The van der Waals surface area contributed by atoms with Crippen LogP contribution in [0.25, 0.3) is 0 Å². The summed E-state index contributed by atoms with van der Waals surface area (Å²) >= 11 is 0.916. The van der Waals surface area contributed by atoms with Crippen molar-refractivity contribution in [3.8, 4) is 5.75 Å². The topological polar surface area (TPSA) is 110 Å². The lowest BCUT2D eigenvalue weighted by atomic mass is 9.68. The number of rotatable bonds is 10. The van der Waals surface area contributed by atoms with Gasteiger partial charge >= 0.3 is 5.97 Å². The van der Waals surface area contributed by atoms with Gasteiger partial charge in [0, 0.05) is 17.4 Å². The fourth-order valence-corrected chi connectivity index (χ4v) is 5.94. The van der Waals surface area contributed by atoms with E-state index in [4.69, 9.17) is 9.47 Å². The number of aliphatic hydroxyl groups excluding tert-OH is 1. The smallest absolute Gasteiger partial charge is 0.348 e. The van der Waals surface area contributed by atoms with Crippen molar-refractivity contribution in [2.45, 2.75) is 54.1 Å². The molecule has 1 amide bonds. The quantitative estimate of drug-likeness (QED) is 0.333. The molecule has 0 radical (unpaired) electrons. The molecule has 2 atom stereocenters. The largest absolute Gasteiger partial charge is 0.496 e. The molecule has 1 N–H and O–H groups in total. The number of esters is 1. The van der Waals surface area contributed by atoms with Crippen LogP contribution in [0.3, 0.4) is 0 Å². The third-order valence-electron chi connectivity index (χ3n) is 6.80. The van der Waals surface area contributed by atoms with Gasteiger partial charge in [-0.25, -0.2) is 9.18 Å². The lowest BCUT2D eigenvalue weighted by Gasteiger charge is -2.39. The number of ether oxygens (including phenoxy) is 2. The Morgan fingerprint density at radius 3 is 2.47 bits per heavy atom. The molecule has 10 heteroatoms. The number of halogens is 1. The first-order chi connectivity index (χ1) is 17.8. The number of ketones is 2. The number of nitrogens with zero attached hydrogens (tertiary/aromatic N) is 1. The van der Waals surface area contributed by atoms with Crippen LogP contribution in [0.15, 0.2) is 18.2 Å². The number of benzene rings is 1. The molecule has 3 rings (SSSR count). The number of carbonyl (C=O) groups is 4. The minimum Gasteiger partial charge on any atom is -0.496 e. The van der Waals surface area contributed by atoms with Crippen molar-refractivity contribution in [1.29, 1.82) is 0 Å². The number of methoxy groups -OCH3 is 1. The number of Topliss-reactive ketones (excluding diaryl/α,β-unsaturated/α-hetero) is 2. The fraction of sp³-hybridized carbons (Fsp3) is 0.500. The van der Waals surface area contributed by atoms with E-state index in [1.54, 1.807) is 27.7 Å². The van der Waals surface area contributed by atoms with Crippen LogP contribution in [0.4, 0.5) is 9.39 Å². The minimum atomic E-state index is -1.39. The average molecular weight is 548 g/mol. The number of carbonyl (C=O) groups excluding carboxylic acids is 4. The maximum absolute atomic E-state index is 14.0. The SMILES string of the molecule is CCOC(=O)c1sc2c(c1C)C(=O)C(C(C)(C)C(=O)CC(C)C)C(=O)N2C[C@H](O)c1cc(F)ccc1OC. The molecular formula is C28H34FNO7S. The highest BCUT2D eigenvalue weighted by Gasteiger charge is 2.52. The first-order valence-corrected chi connectivity index (χ1v) is 13.3. The molecule has 0 fully saturated rings. The van der Waals surface area contributed by atoms with E-state index >= 15 is 0 Å². The predicted molar refractivity (Wildman–Crippen MR) is 141 cm³/mol. The standard InChI is InChI=1S/C28H34FNO7S/c1-8-37-27(35)24-15(4)21-23(33)22(28(5,6)20(32)11-14(2)3)25(34)30(26(21)38-24)13-18(31)17-12-16(29)9-10-19(17)36-7/h9-10,12,14,18,22,31H,8,11,13H2,1-7H3/t18-,22?/m0/s1. The molecule has 0 aliphatic carbocycles. The number of anilines is 1. The zero-order valence-electron chi connectivity index (χ0n) is 22.7.